The Labute approximate surface area is 192 Å². The van der Waals surface area contributed by atoms with E-state index < -0.39 is 19.2 Å². The first-order valence-electron chi connectivity index (χ1n) is 10.4. The van der Waals surface area contributed by atoms with E-state index in [0.29, 0.717) is 43.0 Å². The SMILES string of the molecule is O=P(O)(CC1CCN(c2nc(Cl)nc3c2[nH]c2cc(F)cc(F)c23)CC1)Oc1ccccc1. The van der Waals surface area contributed by atoms with Gasteiger partial charge in [0.05, 0.1) is 17.1 Å². The van der Waals surface area contributed by atoms with Crippen molar-refractivity contribution >= 4 is 47.0 Å². The fourth-order valence-corrected chi connectivity index (χ4v) is 6.04. The average Bonchev–Trinajstić information content (AvgIpc) is 3.12. The van der Waals surface area contributed by atoms with Crippen molar-refractivity contribution in [1.29, 1.82) is 0 Å². The van der Waals surface area contributed by atoms with Crippen molar-refractivity contribution in [3.05, 3.63) is 59.4 Å². The summed E-state index contributed by atoms with van der Waals surface area (Å²) in [7, 11) is -3.80. The molecule has 1 aliphatic heterocycles. The number of nitrogens with zero attached hydrogens (tertiary/aromatic N) is 3. The molecule has 5 rings (SSSR count). The first-order valence-corrected chi connectivity index (χ1v) is 12.6. The number of fused-ring (bicyclic) bond motifs is 3. The number of halogens is 3. The molecule has 1 saturated heterocycles. The van der Waals surface area contributed by atoms with Crippen LogP contribution in [0.15, 0.2) is 42.5 Å². The fourth-order valence-electron chi connectivity index (χ4n) is 4.33. The zero-order valence-corrected chi connectivity index (χ0v) is 19.0. The second-order valence-electron chi connectivity index (χ2n) is 8.13. The van der Waals surface area contributed by atoms with Gasteiger partial charge >= 0.3 is 7.60 Å². The molecule has 11 heteroatoms. The summed E-state index contributed by atoms with van der Waals surface area (Å²) < 4.78 is 46.1. The van der Waals surface area contributed by atoms with Crippen LogP contribution in [0.4, 0.5) is 14.6 Å². The predicted octanol–water partition coefficient (Wildman–Crippen LogP) is 5.52. The van der Waals surface area contributed by atoms with Gasteiger partial charge in [0, 0.05) is 19.2 Å². The van der Waals surface area contributed by atoms with Crippen LogP contribution in [0.1, 0.15) is 12.8 Å². The molecule has 3 heterocycles. The molecule has 172 valence electrons. The van der Waals surface area contributed by atoms with Crippen LogP contribution in [-0.4, -0.2) is 39.1 Å². The van der Waals surface area contributed by atoms with Gasteiger partial charge in [0.15, 0.2) is 5.82 Å². The maximum absolute atomic E-state index is 14.4. The third-order valence-electron chi connectivity index (χ3n) is 5.81. The van der Waals surface area contributed by atoms with E-state index in [2.05, 4.69) is 15.0 Å². The summed E-state index contributed by atoms with van der Waals surface area (Å²) in [5, 5.41) is 0.117. The molecule has 1 unspecified atom stereocenters. The lowest BCUT2D eigenvalue weighted by Crippen LogP contribution is -2.35. The van der Waals surface area contributed by atoms with Crippen LogP contribution in [0.5, 0.6) is 5.75 Å². The Morgan fingerprint density at radius 3 is 2.64 bits per heavy atom. The van der Waals surface area contributed by atoms with Gasteiger partial charge in [-0.3, -0.25) is 0 Å². The molecule has 1 fully saturated rings. The normalized spacial score (nSPS) is 16.9. The monoisotopic (exact) mass is 492 g/mol. The summed E-state index contributed by atoms with van der Waals surface area (Å²) in [6.07, 6.45) is 1.32. The van der Waals surface area contributed by atoms with Crippen molar-refractivity contribution in [2.24, 2.45) is 5.92 Å². The standard InChI is InChI=1S/C22H20ClF2N4O3P/c23-22-27-19-18-16(25)10-14(24)11-17(18)26-20(19)21(28-22)29-8-6-13(7-9-29)12-33(30,31)32-15-4-2-1-3-5-15/h1-5,10-11,13,26H,6-9,12H2,(H,30,31). The molecule has 2 aromatic carbocycles. The van der Waals surface area contributed by atoms with Crippen LogP contribution >= 0.6 is 19.2 Å². The molecule has 0 amide bonds. The zero-order chi connectivity index (χ0) is 23.2. The van der Waals surface area contributed by atoms with E-state index in [1.54, 1.807) is 30.3 Å². The average molecular weight is 493 g/mol. The van der Waals surface area contributed by atoms with Crippen molar-refractivity contribution in [2.75, 3.05) is 24.2 Å². The highest BCUT2D eigenvalue weighted by molar-refractivity contribution is 7.53. The Hall–Kier alpha value is -2.74. The van der Waals surface area contributed by atoms with Gasteiger partial charge in [0.1, 0.15) is 28.4 Å². The topological polar surface area (TPSA) is 91.3 Å². The quantitative estimate of drug-likeness (QED) is 0.281. The highest BCUT2D eigenvalue weighted by atomic mass is 35.5. The van der Waals surface area contributed by atoms with Gasteiger partial charge in [-0.1, -0.05) is 18.2 Å². The van der Waals surface area contributed by atoms with Gasteiger partial charge in [0.25, 0.3) is 0 Å². The van der Waals surface area contributed by atoms with Crippen LogP contribution in [-0.2, 0) is 4.57 Å². The number of para-hydroxylation sites is 1. The van der Waals surface area contributed by atoms with Gasteiger partial charge in [-0.25, -0.2) is 18.3 Å². The molecule has 1 atom stereocenters. The van der Waals surface area contributed by atoms with Gasteiger partial charge < -0.3 is 19.3 Å². The lowest BCUT2D eigenvalue weighted by molar-refractivity contribution is 0.352. The molecule has 0 saturated carbocycles. The summed E-state index contributed by atoms with van der Waals surface area (Å²) in [6, 6.07) is 10.6. The second kappa shape index (κ2) is 8.56. The van der Waals surface area contributed by atoms with Gasteiger partial charge in [-0.15, -0.1) is 0 Å². The van der Waals surface area contributed by atoms with Crippen LogP contribution in [0, 0.1) is 17.6 Å². The number of rotatable bonds is 5. The molecule has 33 heavy (non-hydrogen) atoms. The number of aromatic nitrogens is 3. The molecule has 2 N–H and O–H groups in total. The lowest BCUT2D eigenvalue weighted by Gasteiger charge is -2.33. The van der Waals surface area contributed by atoms with Gasteiger partial charge in [-0.05, 0) is 48.6 Å². The van der Waals surface area contributed by atoms with E-state index in [1.807, 2.05) is 4.90 Å². The summed E-state index contributed by atoms with van der Waals surface area (Å²) in [5.74, 6) is -0.580. The Kier molecular flexibility index (Phi) is 5.72. The fraction of sp³-hybridized carbons (Fsp3) is 0.273. The number of nitrogens with one attached hydrogen (secondary N) is 1. The Bertz CT molecular complexity index is 1380. The molecule has 0 spiro atoms. The van der Waals surface area contributed by atoms with Crippen molar-refractivity contribution in [3.8, 4) is 5.75 Å². The lowest BCUT2D eigenvalue weighted by atomic mass is 9.99. The Balaban J connectivity index is 1.35. The Morgan fingerprint density at radius 2 is 1.91 bits per heavy atom. The predicted molar refractivity (Wildman–Crippen MR) is 123 cm³/mol. The molecule has 0 radical (unpaired) electrons. The van der Waals surface area contributed by atoms with Crippen molar-refractivity contribution in [3.63, 3.8) is 0 Å². The van der Waals surface area contributed by atoms with Gasteiger partial charge in [-0.2, -0.15) is 4.98 Å². The number of hydrogen-bond donors (Lipinski definition) is 2. The van der Waals surface area contributed by atoms with Crippen molar-refractivity contribution < 1.29 is 22.8 Å². The maximum Gasteiger partial charge on any atom is 0.376 e. The number of anilines is 1. The largest absolute Gasteiger partial charge is 0.424 e. The summed E-state index contributed by atoms with van der Waals surface area (Å²) >= 11 is 6.13. The number of H-pyrrole nitrogens is 1. The van der Waals surface area contributed by atoms with Crippen molar-refractivity contribution in [1.82, 2.24) is 15.0 Å². The molecule has 0 bridgehead atoms. The highest BCUT2D eigenvalue weighted by Gasteiger charge is 2.31. The van der Waals surface area contributed by atoms with Crippen LogP contribution in [0.25, 0.3) is 21.9 Å². The number of aromatic amines is 1. The van der Waals surface area contributed by atoms with Crippen molar-refractivity contribution in [2.45, 2.75) is 12.8 Å². The summed E-state index contributed by atoms with van der Waals surface area (Å²) in [4.78, 5) is 23.8. The summed E-state index contributed by atoms with van der Waals surface area (Å²) in [6.45, 7) is 1.09. The third kappa shape index (κ3) is 4.53. The molecular weight excluding hydrogens is 473 g/mol. The molecule has 4 aromatic rings. The molecule has 0 aliphatic carbocycles. The first-order chi connectivity index (χ1) is 15.8. The molecule has 1 aliphatic rings. The second-order valence-corrected chi connectivity index (χ2v) is 10.3. The number of benzene rings is 2. The molecule has 2 aromatic heterocycles. The zero-order valence-electron chi connectivity index (χ0n) is 17.3. The molecule has 7 nitrogen and oxygen atoms in total. The maximum atomic E-state index is 14.4. The third-order valence-corrected chi connectivity index (χ3v) is 7.45. The Morgan fingerprint density at radius 1 is 1.18 bits per heavy atom. The van der Waals surface area contributed by atoms with E-state index in [9.17, 15) is 18.2 Å². The van der Waals surface area contributed by atoms with Crippen LogP contribution in [0.3, 0.4) is 0 Å². The van der Waals surface area contributed by atoms with E-state index >= 15 is 0 Å². The summed E-state index contributed by atoms with van der Waals surface area (Å²) in [5.41, 5.74) is 1.03. The van der Waals surface area contributed by atoms with Gasteiger partial charge in [0.2, 0.25) is 5.28 Å². The molecular formula is C22H20ClF2N4O3P. The van der Waals surface area contributed by atoms with Crippen LogP contribution in [0.2, 0.25) is 5.28 Å². The minimum Gasteiger partial charge on any atom is -0.424 e. The minimum absolute atomic E-state index is 0.0113. The van der Waals surface area contributed by atoms with E-state index in [1.165, 1.54) is 6.07 Å². The highest BCUT2D eigenvalue weighted by Crippen LogP contribution is 2.46. The van der Waals surface area contributed by atoms with Crippen LogP contribution < -0.4 is 9.42 Å². The first kappa shape index (κ1) is 22.1. The van der Waals surface area contributed by atoms with E-state index in [4.69, 9.17) is 16.1 Å². The minimum atomic E-state index is -3.80. The van der Waals surface area contributed by atoms with E-state index in [0.717, 1.165) is 6.07 Å². The van der Waals surface area contributed by atoms with E-state index in [-0.39, 0.29) is 33.8 Å². The number of piperidine rings is 1. The number of hydrogen-bond acceptors (Lipinski definition) is 5. The smallest absolute Gasteiger partial charge is 0.376 e.